The average molecular weight is 303 g/mol. The first kappa shape index (κ1) is 14.6. The van der Waals surface area contributed by atoms with E-state index in [1.54, 1.807) is 18.2 Å². The van der Waals surface area contributed by atoms with Crippen LogP contribution in [0.2, 0.25) is 0 Å². The molecular weight excluding hydrogens is 289 g/mol. The van der Waals surface area contributed by atoms with Gasteiger partial charge in [0, 0.05) is 31.2 Å². The van der Waals surface area contributed by atoms with E-state index >= 15 is 0 Å². The Morgan fingerprint density at radius 2 is 1.75 bits per heavy atom. The molecule has 0 aliphatic carbocycles. The van der Waals surface area contributed by atoms with Crippen LogP contribution < -0.4 is 14.4 Å². The molecule has 1 aliphatic rings. The minimum absolute atomic E-state index is 0.214. The summed E-state index contributed by atoms with van der Waals surface area (Å²) in [5.74, 6) is 0.462. The largest absolute Gasteiger partial charge is 0.497 e. The summed E-state index contributed by atoms with van der Waals surface area (Å²) in [6, 6.07) is 4.74. The molecular formula is C12H14FNO5S. The Labute approximate surface area is 116 Å². The zero-order chi connectivity index (χ0) is 14.9. The lowest BCUT2D eigenvalue weighted by Gasteiger charge is -2.18. The maximum Gasteiger partial charge on any atom is 0.307 e. The second-order valence-corrected chi connectivity index (χ2v) is 5.99. The number of carbonyl (C=O) groups is 1. The molecule has 1 unspecified atom stereocenters. The second-order valence-electron chi connectivity index (χ2n) is 4.38. The molecule has 0 N–H and O–H groups in total. The van der Waals surface area contributed by atoms with Crippen LogP contribution in [0.5, 0.6) is 11.5 Å². The maximum absolute atomic E-state index is 13.0. The molecule has 0 spiro atoms. The third-order valence-corrected chi connectivity index (χ3v) is 4.25. The third-order valence-electron chi connectivity index (χ3n) is 3.14. The lowest BCUT2D eigenvalue weighted by molar-refractivity contribution is -0.117. The number of anilines is 1. The molecule has 0 bridgehead atoms. The van der Waals surface area contributed by atoms with Crippen molar-refractivity contribution in [3.63, 3.8) is 0 Å². The number of rotatable bonds is 4. The fourth-order valence-corrected chi connectivity index (χ4v) is 2.73. The van der Waals surface area contributed by atoms with E-state index in [4.69, 9.17) is 9.47 Å². The van der Waals surface area contributed by atoms with Crippen LogP contribution in [0.4, 0.5) is 9.57 Å². The van der Waals surface area contributed by atoms with E-state index in [0.29, 0.717) is 17.2 Å². The Morgan fingerprint density at radius 3 is 2.15 bits per heavy atom. The predicted molar refractivity (Wildman–Crippen MR) is 70.3 cm³/mol. The molecule has 1 heterocycles. The minimum atomic E-state index is -4.73. The SMILES string of the molecule is COc1cc(OC)cc(N2CC(S(=O)(=O)F)CC2=O)c1. The number of amides is 1. The van der Waals surface area contributed by atoms with Crippen LogP contribution in [0.25, 0.3) is 0 Å². The Kier molecular flexibility index (Phi) is 3.85. The lowest BCUT2D eigenvalue weighted by Crippen LogP contribution is -2.26. The molecule has 1 aromatic carbocycles. The molecule has 1 aliphatic heterocycles. The number of carbonyl (C=O) groups excluding carboxylic acids is 1. The predicted octanol–water partition coefficient (Wildman–Crippen LogP) is 1.11. The van der Waals surface area contributed by atoms with E-state index in [1.807, 2.05) is 0 Å². The number of nitrogens with zero attached hydrogens (tertiary/aromatic N) is 1. The molecule has 0 radical (unpaired) electrons. The van der Waals surface area contributed by atoms with Crippen molar-refractivity contribution in [2.75, 3.05) is 25.7 Å². The second kappa shape index (κ2) is 5.28. The first-order valence-corrected chi connectivity index (χ1v) is 7.26. The van der Waals surface area contributed by atoms with Gasteiger partial charge in [0.1, 0.15) is 16.7 Å². The highest BCUT2D eigenvalue weighted by atomic mass is 32.3. The third kappa shape index (κ3) is 2.84. The molecule has 1 amide bonds. The van der Waals surface area contributed by atoms with Crippen molar-refractivity contribution in [3.05, 3.63) is 18.2 Å². The summed E-state index contributed by atoms with van der Waals surface area (Å²) in [5, 5.41) is -1.33. The van der Waals surface area contributed by atoms with Gasteiger partial charge in [-0.1, -0.05) is 0 Å². The highest BCUT2D eigenvalue weighted by Crippen LogP contribution is 2.32. The van der Waals surface area contributed by atoms with Gasteiger partial charge in [-0.15, -0.1) is 3.89 Å². The Balaban J connectivity index is 2.34. The van der Waals surface area contributed by atoms with E-state index in [2.05, 4.69) is 0 Å². The van der Waals surface area contributed by atoms with Crippen molar-refractivity contribution in [2.24, 2.45) is 0 Å². The van der Waals surface area contributed by atoms with E-state index in [-0.39, 0.29) is 13.0 Å². The van der Waals surface area contributed by atoms with Crippen molar-refractivity contribution in [3.8, 4) is 11.5 Å². The van der Waals surface area contributed by atoms with Crippen molar-refractivity contribution in [1.29, 1.82) is 0 Å². The number of methoxy groups -OCH3 is 2. The molecule has 2 rings (SSSR count). The molecule has 8 heteroatoms. The van der Waals surface area contributed by atoms with Gasteiger partial charge in [-0.3, -0.25) is 4.79 Å². The van der Waals surface area contributed by atoms with Gasteiger partial charge < -0.3 is 14.4 Å². The van der Waals surface area contributed by atoms with Crippen molar-refractivity contribution in [1.82, 2.24) is 0 Å². The summed E-state index contributed by atoms with van der Waals surface area (Å²) in [6.45, 7) is -0.214. The molecule has 1 aromatic rings. The van der Waals surface area contributed by atoms with E-state index in [1.165, 1.54) is 19.1 Å². The average Bonchev–Trinajstić information content (AvgIpc) is 2.80. The van der Waals surface area contributed by atoms with E-state index < -0.39 is 21.4 Å². The van der Waals surface area contributed by atoms with Crippen LogP contribution in [-0.2, 0) is 15.0 Å². The van der Waals surface area contributed by atoms with E-state index in [0.717, 1.165) is 0 Å². The molecule has 1 atom stereocenters. The van der Waals surface area contributed by atoms with Crippen LogP contribution >= 0.6 is 0 Å². The minimum Gasteiger partial charge on any atom is -0.497 e. The van der Waals surface area contributed by atoms with Crippen LogP contribution in [0.3, 0.4) is 0 Å². The van der Waals surface area contributed by atoms with Crippen LogP contribution in [0.15, 0.2) is 18.2 Å². The van der Waals surface area contributed by atoms with Crippen molar-refractivity contribution < 1.29 is 26.6 Å². The monoisotopic (exact) mass is 303 g/mol. The first-order chi connectivity index (χ1) is 9.35. The number of benzene rings is 1. The Hall–Kier alpha value is -1.83. The molecule has 20 heavy (non-hydrogen) atoms. The molecule has 1 saturated heterocycles. The van der Waals surface area contributed by atoms with Crippen LogP contribution in [0.1, 0.15) is 6.42 Å². The highest BCUT2D eigenvalue weighted by molar-refractivity contribution is 7.87. The lowest BCUT2D eigenvalue weighted by atomic mass is 10.2. The van der Waals surface area contributed by atoms with Gasteiger partial charge in [0.15, 0.2) is 0 Å². The number of hydrogen-bond donors (Lipinski definition) is 0. The Bertz CT molecular complexity index is 608. The summed E-state index contributed by atoms with van der Waals surface area (Å²) in [6.07, 6.45) is -0.363. The van der Waals surface area contributed by atoms with Gasteiger partial charge in [-0.05, 0) is 0 Å². The number of hydrogen-bond acceptors (Lipinski definition) is 5. The van der Waals surface area contributed by atoms with Crippen LogP contribution in [0, 0.1) is 0 Å². The summed E-state index contributed by atoms with van der Waals surface area (Å²) in [4.78, 5) is 13.1. The summed E-state index contributed by atoms with van der Waals surface area (Å²) >= 11 is 0. The standard InChI is InChI=1S/C12H14FNO5S/c1-18-9-3-8(4-10(5-9)19-2)14-7-11(6-12(14)15)20(13,16)17/h3-5,11H,6-7H2,1-2H3. The fraction of sp³-hybridized carbons (Fsp3) is 0.417. The molecule has 6 nitrogen and oxygen atoms in total. The summed E-state index contributed by atoms with van der Waals surface area (Å²) in [7, 11) is -1.82. The van der Waals surface area contributed by atoms with Gasteiger partial charge in [-0.25, -0.2) is 0 Å². The Morgan fingerprint density at radius 1 is 1.20 bits per heavy atom. The summed E-state index contributed by atoms with van der Waals surface area (Å²) < 4.78 is 45.0. The smallest absolute Gasteiger partial charge is 0.307 e. The fourth-order valence-electron chi connectivity index (χ4n) is 2.06. The van der Waals surface area contributed by atoms with Gasteiger partial charge in [0.2, 0.25) is 5.91 Å². The molecule has 0 saturated carbocycles. The zero-order valence-electron chi connectivity index (χ0n) is 11.0. The quantitative estimate of drug-likeness (QED) is 0.779. The first-order valence-electron chi connectivity index (χ1n) is 5.82. The number of ether oxygens (including phenoxy) is 2. The molecule has 110 valence electrons. The van der Waals surface area contributed by atoms with Crippen LogP contribution in [-0.4, -0.2) is 40.3 Å². The molecule has 1 fully saturated rings. The van der Waals surface area contributed by atoms with E-state index in [9.17, 15) is 17.1 Å². The van der Waals surface area contributed by atoms with Gasteiger partial charge in [0.05, 0.1) is 19.9 Å². The number of halogens is 1. The molecule has 0 aromatic heterocycles. The van der Waals surface area contributed by atoms with Crippen molar-refractivity contribution >= 4 is 21.8 Å². The van der Waals surface area contributed by atoms with Gasteiger partial charge in [-0.2, -0.15) is 8.42 Å². The highest BCUT2D eigenvalue weighted by Gasteiger charge is 2.39. The topological polar surface area (TPSA) is 72.9 Å². The normalized spacial score (nSPS) is 19.2. The summed E-state index contributed by atoms with van der Waals surface area (Å²) in [5.41, 5.74) is 0.414. The van der Waals surface area contributed by atoms with Gasteiger partial charge in [0.25, 0.3) is 0 Å². The maximum atomic E-state index is 13.0. The van der Waals surface area contributed by atoms with Crippen molar-refractivity contribution in [2.45, 2.75) is 11.7 Å². The zero-order valence-corrected chi connectivity index (χ0v) is 11.8. The van der Waals surface area contributed by atoms with Gasteiger partial charge >= 0.3 is 10.2 Å².